The zero-order valence-electron chi connectivity index (χ0n) is 18.7. The molecule has 0 spiro atoms. The standard InChI is InChI=1S/C24H36O7/c1-23-7-5-14(9-19(23)30-23)12-28-21(26)17-4-3-16(25)11-18(17)22(27)29-13-15-6-8-24(2)20(10-15)31-24/h14-20,25H,3-13H2,1-2H3. The first-order chi connectivity index (χ1) is 14.8. The predicted octanol–water partition coefficient (Wildman–Crippen LogP) is 2.77. The quantitative estimate of drug-likeness (QED) is 0.505. The molecule has 2 heterocycles. The third kappa shape index (κ3) is 4.51. The van der Waals surface area contributed by atoms with Crippen LogP contribution >= 0.6 is 0 Å². The fraction of sp³-hybridized carbons (Fsp3) is 0.917. The van der Waals surface area contributed by atoms with Crippen LogP contribution in [0.4, 0.5) is 0 Å². The smallest absolute Gasteiger partial charge is 0.309 e. The molecule has 1 N–H and O–H groups in total. The lowest BCUT2D eigenvalue weighted by Gasteiger charge is -2.32. The lowest BCUT2D eigenvalue weighted by atomic mass is 9.77. The van der Waals surface area contributed by atoms with Crippen LogP contribution in [0, 0.1) is 23.7 Å². The zero-order chi connectivity index (χ0) is 21.8. The highest BCUT2D eigenvalue weighted by atomic mass is 16.6. The largest absolute Gasteiger partial charge is 0.465 e. The van der Waals surface area contributed by atoms with Gasteiger partial charge in [-0.25, -0.2) is 0 Å². The van der Waals surface area contributed by atoms with E-state index in [1.807, 2.05) is 0 Å². The number of aliphatic hydroxyl groups is 1. The number of ether oxygens (including phenoxy) is 4. The molecule has 174 valence electrons. The van der Waals surface area contributed by atoms with Gasteiger partial charge in [-0.2, -0.15) is 0 Å². The number of hydrogen-bond acceptors (Lipinski definition) is 7. The summed E-state index contributed by atoms with van der Waals surface area (Å²) >= 11 is 0. The summed E-state index contributed by atoms with van der Waals surface area (Å²) in [6.07, 6.45) is 7.14. The van der Waals surface area contributed by atoms with Crippen LogP contribution in [0.25, 0.3) is 0 Å². The van der Waals surface area contributed by atoms with Crippen molar-refractivity contribution in [2.75, 3.05) is 13.2 Å². The van der Waals surface area contributed by atoms with Gasteiger partial charge in [-0.15, -0.1) is 0 Å². The number of carbonyl (C=O) groups is 2. The van der Waals surface area contributed by atoms with Gasteiger partial charge in [-0.3, -0.25) is 9.59 Å². The van der Waals surface area contributed by atoms with E-state index in [1.54, 1.807) is 0 Å². The van der Waals surface area contributed by atoms with Crippen LogP contribution in [0.15, 0.2) is 0 Å². The van der Waals surface area contributed by atoms with Crippen LogP contribution in [0.2, 0.25) is 0 Å². The minimum Gasteiger partial charge on any atom is -0.465 e. The Hall–Kier alpha value is -1.18. The maximum absolute atomic E-state index is 12.9. The molecule has 5 fully saturated rings. The average molecular weight is 437 g/mol. The number of epoxide rings is 2. The van der Waals surface area contributed by atoms with Crippen LogP contribution in [0.5, 0.6) is 0 Å². The third-order valence-electron chi connectivity index (χ3n) is 8.61. The second-order valence-corrected chi connectivity index (χ2v) is 11.1. The molecule has 5 aliphatic rings. The summed E-state index contributed by atoms with van der Waals surface area (Å²) in [4.78, 5) is 25.7. The second-order valence-electron chi connectivity index (χ2n) is 11.1. The first-order valence-corrected chi connectivity index (χ1v) is 12.1. The van der Waals surface area contributed by atoms with E-state index in [9.17, 15) is 14.7 Å². The number of esters is 2. The van der Waals surface area contributed by atoms with Gasteiger partial charge in [0.05, 0.1) is 54.6 Å². The lowest BCUT2D eigenvalue weighted by Crippen LogP contribution is -2.40. The van der Waals surface area contributed by atoms with E-state index < -0.39 is 17.9 Å². The molecule has 31 heavy (non-hydrogen) atoms. The molecule has 0 aromatic heterocycles. The average Bonchev–Trinajstić information content (AvgIpc) is 3.62. The van der Waals surface area contributed by atoms with E-state index in [-0.39, 0.29) is 29.6 Å². The van der Waals surface area contributed by atoms with Crippen LogP contribution < -0.4 is 0 Å². The molecule has 3 saturated carbocycles. The van der Waals surface area contributed by atoms with Crippen molar-refractivity contribution in [3.8, 4) is 0 Å². The van der Waals surface area contributed by atoms with Gasteiger partial charge < -0.3 is 24.1 Å². The van der Waals surface area contributed by atoms with Crippen molar-refractivity contribution in [2.24, 2.45) is 23.7 Å². The van der Waals surface area contributed by atoms with Gasteiger partial charge in [-0.05, 0) is 83.5 Å². The van der Waals surface area contributed by atoms with E-state index >= 15 is 0 Å². The molecule has 2 aliphatic heterocycles. The van der Waals surface area contributed by atoms with Gasteiger partial charge in [-0.1, -0.05) is 0 Å². The highest BCUT2D eigenvalue weighted by Crippen LogP contribution is 2.50. The van der Waals surface area contributed by atoms with Gasteiger partial charge in [0.15, 0.2) is 0 Å². The number of hydrogen-bond donors (Lipinski definition) is 1. The van der Waals surface area contributed by atoms with Gasteiger partial charge in [0, 0.05) is 0 Å². The Labute approximate surface area is 184 Å². The van der Waals surface area contributed by atoms with Gasteiger partial charge in [0.2, 0.25) is 0 Å². The molecule has 0 radical (unpaired) electrons. The molecule has 9 unspecified atom stereocenters. The molecule has 0 bridgehead atoms. The molecule has 2 saturated heterocycles. The van der Waals surface area contributed by atoms with E-state index in [2.05, 4.69) is 13.8 Å². The summed E-state index contributed by atoms with van der Waals surface area (Å²) < 4.78 is 22.8. The van der Waals surface area contributed by atoms with Crippen molar-refractivity contribution < 1.29 is 33.6 Å². The lowest BCUT2D eigenvalue weighted by molar-refractivity contribution is -0.166. The molecule has 7 heteroatoms. The summed E-state index contributed by atoms with van der Waals surface area (Å²) in [7, 11) is 0. The SMILES string of the molecule is CC12CCC(COC(=O)C3CCC(O)CC3C(=O)OCC3CCC4(C)OC4C3)CC1O2. The highest BCUT2D eigenvalue weighted by Gasteiger charge is 2.56. The van der Waals surface area contributed by atoms with Crippen molar-refractivity contribution in [1.82, 2.24) is 0 Å². The van der Waals surface area contributed by atoms with Crippen LogP contribution in [-0.4, -0.2) is 59.8 Å². The normalized spacial score (nSPS) is 48.2. The maximum Gasteiger partial charge on any atom is 0.309 e. The molecule has 0 aromatic rings. The van der Waals surface area contributed by atoms with Crippen molar-refractivity contribution in [3.63, 3.8) is 0 Å². The Kier molecular flexibility index (Phi) is 5.58. The first-order valence-electron chi connectivity index (χ1n) is 12.1. The fourth-order valence-electron chi connectivity index (χ4n) is 6.05. The molecule has 5 rings (SSSR count). The number of rotatable bonds is 6. The zero-order valence-corrected chi connectivity index (χ0v) is 18.7. The molecular formula is C24H36O7. The number of aliphatic hydroxyl groups excluding tert-OH is 1. The maximum atomic E-state index is 12.9. The third-order valence-corrected chi connectivity index (χ3v) is 8.61. The molecule has 3 aliphatic carbocycles. The molecule has 9 atom stereocenters. The Morgan fingerprint density at radius 2 is 1.32 bits per heavy atom. The van der Waals surface area contributed by atoms with E-state index in [1.165, 1.54) is 0 Å². The monoisotopic (exact) mass is 436 g/mol. The van der Waals surface area contributed by atoms with Crippen LogP contribution in [0.3, 0.4) is 0 Å². The van der Waals surface area contributed by atoms with Crippen molar-refractivity contribution >= 4 is 11.9 Å². The van der Waals surface area contributed by atoms with Crippen molar-refractivity contribution in [3.05, 3.63) is 0 Å². The molecule has 0 amide bonds. The van der Waals surface area contributed by atoms with Gasteiger partial charge >= 0.3 is 11.9 Å². The minimum absolute atomic E-state index is 0.0471. The Morgan fingerprint density at radius 1 is 0.806 bits per heavy atom. The van der Waals surface area contributed by atoms with E-state index in [4.69, 9.17) is 18.9 Å². The Morgan fingerprint density at radius 3 is 1.84 bits per heavy atom. The summed E-state index contributed by atoms with van der Waals surface area (Å²) in [6.45, 7) is 5.04. The van der Waals surface area contributed by atoms with Crippen LogP contribution in [-0.2, 0) is 28.5 Å². The van der Waals surface area contributed by atoms with Crippen molar-refractivity contribution in [2.45, 2.75) is 101 Å². The summed E-state index contributed by atoms with van der Waals surface area (Å²) in [6, 6.07) is 0. The second kappa shape index (κ2) is 7.99. The van der Waals surface area contributed by atoms with E-state index in [0.29, 0.717) is 50.1 Å². The first kappa shape index (κ1) is 21.7. The Bertz CT molecular complexity index is 725. The predicted molar refractivity (Wildman–Crippen MR) is 110 cm³/mol. The topological polar surface area (TPSA) is 97.9 Å². The summed E-state index contributed by atoms with van der Waals surface area (Å²) in [5.74, 6) is -1.20. The highest BCUT2D eigenvalue weighted by molar-refractivity contribution is 5.82. The van der Waals surface area contributed by atoms with Crippen molar-refractivity contribution in [1.29, 1.82) is 0 Å². The Balaban J connectivity index is 1.11. The molecule has 0 aromatic carbocycles. The summed E-state index contributed by atoms with van der Waals surface area (Å²) in [5, 5.41) is 10.1. The summed E-state index contributed by atoms with van der Waals surface area (Å²) in [5.41, 5.74) is 0.100. The molecule has 7 nitrogen and oxygen atoms in total. The minimum atomic E-state index is -0.622. The number of carbonyl (C=O) groups excluding carboxylic acids is 2. The van der Waals surface area contributed by atoms with E-state index in [0.717, 1.165) is 38.5 Å². The van der Waals surface area contributed by atoms with Gasteiger partial charge in [0.25, 0.3) is 0 Å². The van der Waals surface area contributed by atoms with Crippen LogP contribution in [0.1, 0.15) is 71.6 Å². The fourth-order valence-corrected chi connectivity index (χ4v) is 6.05. The molecular weight excluding hydrogens is 400 g/mol. The van der Waals surface area contributed by atoms with Gasteiger partial charge in [0.1, 0.15) is 0 Å². The number of fused-ring (bicyclic) bond motifs is 2.